The Morgan fingerprint density at radius 3 is 2.50 bits per heavy atom. The number of nitro groups is 1. The quantitative estimate of drug-likeness (QED) is 0.506. The molecule has 0 unspecified atom stereocenters. The molecule has 1 heterocycles. The van der Waals surface area contributed by atoms with Crippen LogP contribution < -0.4 is 21.5 Å². The number of carbonyl (C=O) groups is 2. The summed E-state index contributed by atoms with van der Waals surface area (Å²) in [6, 6.07) is 11.4. The van der Waals surface area contributed by atoms with Gasteiger partial charge in [0.2, 0.25) is 5.55 Å². The standard InChI is InChI=1S/C18H14N4O6/c1-27-13-6-7-15-11(8-13)9-14(16(19)23)18(28-15)21-20-17(24)10-2-4-12(5-3-10)22(25)26/h2-9H,1H3,(H2,19,23)(H,20,24). The number of nitro benzene ring substituents is 1. The van der Waals surface area contributed by atoms with Gasteiger partial charge in [0.05, 0.1) is 12.0 Å². The zero-order valence-electron chi connectivity index (χ0n) is 14.5. The lowest BCUT2D eigenvalue weighted by Gasteiger charge is -2.05. The van der Waals surface area contributed by atoms with Gasteiger partial charge in [-0.25, -0.2) is 5.43 Å². The Balaban J connectivity index is 1.95. The van der Waals surface area contributed by atoms with Crippen molar-refractivity contribution in [2.24, 2.45) is 10.8 Å². The molecule has 2 aromatic carbocycles. The van der Waals surface area contributed by atoms with E-state index in [4.69, 9.17) is 14.9 Å². The second kappa shape index (κ2) is 7.58. The Morgan fingerprint density at radius 2 is 1.89 bits per heavy atom. The van der Waals surface area contributed by atoms with Crippen LogP contribution in [0.3, 0.4) is 0 Å². The molecule has 10 nitrogen and oxygen atoms in total. The van der Waals surface area contributed by atoms with Gasteiger partial charge in [-0.05, 0) is 36.4 Å². The Hall–Kier alpha value is -4.21. The lowest BCUT2D eigenvalue weighted by molar-refractivity contribution is -0.384. The van der Waals surface area contributed by atoms with Gasteiger partial charge in [0.25, 0.3) is 17.5 Å². The van der Waals surface area contributed by atoms with Gasteiger partial charge in [-0.1, -0.05) is 0 Å². The zero-order chi connectivity index (χ0) is 20.3. The number of non-ortho nitro benzene ring substituents is 1. The van der Waals surface area contributed by atoms with Gasteiger partial charge in [0, 0.05) is 23.1 Å². The number of hydrogen-bond acceptors (Lipinski definition) is 7. The van der Waals surface area contributed by atoms with Crippen molar-refractivity contribution in [2.75, 3.05) is 7.11 Å². The minimum atomic E-state index is -0.795. The van der Waals surface area contributed by atoms with E-state index in [-0.39, 0.29) is 22.4 Å². The van der Waals surface area contributed by atoms with Crippen molar-refractivity contribution in [1.29, 1.82) is 0 Å². The molecule has 1 aromatic heterocycles. The fourth-order valence-electron chi connectivity index (χ4n) is 2.40. The minimum absolute atomic E-state index is 0.0373. The number of hydrogen-bond donors (Lipinski definition) is 2. The summed E-state index contributed by atoms with van der Waals surface area (Å²) in [7, 11) is 1.50. The molecule has 0 atom stereocenters. The summed E-state index contributed by atoms with van der Waals surface area (Å²) in [4.78, 5) is 34.0. The molecule has 10 heteroatoms. The number of benzene rings is 2. The predicted octanol–water partition coefficient (Wildman–Crippen LogP) is 1.69. The number of nitrogens with one attached hydrogen (secondary N) is 1. The summed E-state index contributed by atoms with van der Waals surface area (Å²) >= 11 is 0. The topological polar surface area (TPSA) is 150 Å². The van der Waals surface area contributed by atoms with Gasteiger partial charge in [0.1, 0.15) is 16.9 Å². The number of carbonyl (C=O) groups excluding carboxylic acids is 2. The molecule has 142 valence electrons. The van der Waals surface area contributed by atoms with Gasteiger partial charge in [-0.2, -0.15) is 0 Å². The Bertz CT molecular complexity index is 1150. The largest absolute Gasteiger partial charge is 0.497 e. The third-order valence-electron chi connectivity index (χ3n) is 3.82. The Morgan fingerprint density at radius 1 is 1.18 bits per heavy atom. The summed E-state index contributed by atoms with van der Waals surface area (Å²) in [5, 5.41) is 15.0. The number of nitrogens with two attached hydrogens (primary N) is 1. The second-order valence-electron chi connectivity index (χ2n) is 5.59. The lowest BCUT2D eigenvalue weighted by Crippen LogP contribution is -2.27. The highest BCUT2D eigenvalue weighted by Gasteiger charge is 2.12. The van der Waals surface area contributed by atoms with Crippen LogP contribution >= 0.6 is 0 Å². The first kappa shape index (κ1) is 18.6. The van der Waals surface area contributed by atoms with E-state index in [9.17, 15) is 19.7 Å². The van der Waals surface area contributed by atoms with Crippen LogP contribution in [0.15, 0.2) is 58.0 Å². The van der Waals surface area contributed by atoms with Crippen molar-refractivity contribution in [1.82, 2.24) is 5.43 Å². The zero-order valence-corrected chi connectivity index (χ0v) is 14.5. The molecule has 0 spiro atoms. The lowest BCUT2D eigenvalue weighted by atomic mass is 10.1. The van der Waals surface area contributed by atoms with E-state index < -0.39 is 16.7 Å². The molecule has 3 aromatic rings. The average molecular weight is 382 g/mol. The molecule has 0 aliphatic heterocycles. The van der Waals surface area contributed by atoms with E-state index in [1.165, 1.54) is 37.4 Å². The number of ether oxygens (including phenoxy) is 1. The summed E-state index contributed by atoms with van der Waals surface area (Å²) in [5.74, 6) is -0.874. The van der Waals surface area contributed by atoms with Crippen LogP contribution in [0, 0.1) is 10.1 Å². The van der Waals surface area contributed by atoms with Crippen LogP contribution in [0.25, 0.3) is 11.0 Å². The van der Waals surface area contributed by atoms with Crippen LogP contribution in [0.4, 0.5) is 5.69 Å². The molecule has 28 heavy (non-hydrogen) atoms. The summed E-state index contributed by atoms with van der Waals surface area (Å²) in [6.45, 7) is 0. The fraction of sp³-hybridized carbons (Fsp3) is 0.0556. The molecule has 3 N–H and O–H groups in total. The second-order valence-corrected chi connectivity index (χ2v) is 5.59. The van der Waals surface area contributed by atoms with Crippen LogP contribution in [0.2, 0.25) is 0 Å². The highest BCUT2D eigenvalue weighted by Crippen LogP contribution is 2.20. The SMILES string of the molecule is COc1ccc2oc(=NNC(=O)c3ccc([N+](=O)[O-])cc3)c(C(N)=O)cc2c1. The van der Waals surface area contributed by atoms with E-state index >= 15 is 0 Å². The van der Waals surface area contributed by atoms with Crippen molar-refractivity contribution < 1.29 is 23.7 Å². The molecular formula is C18H14N4O6. The molecule has 3 rings (SSSR count). The summed E-state index contributed by atoms with van der Waals surface area (Å²) in [6.07, 6.45) is 0. The molecule has 0 saturated carbocycles. The maximum absolute atomic E-state index is 12.2. The predicted molar refractivity (Wildman–Crippen MR) is 97.4 cm³/mol. The first-order valence-corrected chi connectivity index (χ1v) is 7.89. The van der Waals surface area contributed by atoms with Crippen LogP contribution in [-0.2, 0) is 0 Å². The van der Waals surface area contributed by atoms with E-state index in [0.717, 1.165) is 0 Å². The average Bonchev–Trinajstić information content (AvgIpc) is 2.70. The first-order chi connectivity index (χ1) is 13.4. The van der Waals surface area contributed by atoms with Crippen LogP contribution in [-0.4, -0.2) is 23.8 Å². The van der Waals surface area contributed by atoms with Crippen LogP contribution in [0.5, 0.6) is 5.75 Å². The maximum Gasteiger partial charge on any atom is 0.271 e. The third-order valence-corrected chi connectivity index (χ3v) is 3.82. The molecule has 0 aliphatic rings. The number of nitrogens with zero attached hydrogens (tertiary/aromatic N) is 2. The smallest absolute Gasteiger partial charge is 0.271 e. The molecule has 0 aliphatic carbocycles. The minimum Gasteiger partial charge on any atom is -0.497 e. The molecule has 0 fully saturated rings. The molecule has 2 amide bonds. The van der Waals surface area contributed by atoms with Gasteiger partial charge >= 0.3 is 0 Å². The fourth-order valence-corrected chi connectivity index (χ4v) is 2.40. The monoisotopic (exact) mass is 382 g/mol. The van der Waals surface area contributed by atoms with Gasteiger partial charge in [-0.3, -0.25) is 19.7 Å². The number of primary amides is 1. The van der Waals surface area contributed by atoms with Crippen molar-refractivity contribution in [2.45, 2.75) is 0 Å². The summed E-state index contributed by atoms with van der Waals surface area (Å²) < 4.78 is 10.7. The molecule has 0 radical (unpaired) electrons. The highest BCUT2D eigenvalue weighted by molar-refractivity contribution is 5.96. The highest BCUT2D eigenvalue weighted by atomic mass is 16.6. The van der Waals surface area contributed by atoms with Gasteiger partial charge in [-0.15, -0.1) is 5.10 Å². The maximum atomic E-state index is 12.2. The van der Waals surface area contributed by atoms with Gasteiger partial charge < -0.3 is 14.9 Å². The van der Waals surface area contributed by atoms with Gasteiger partial charge in [0.15, 0.2) is 0 Å². The van der Waals surface area contributed by atoms with E-state index in [1.54, 1.807) is 18.2 Å². The number of amides is 2. The Labute approximate surface area is 157 Å². The third kappa shape index (κ3) is 3.80. The van der Waals surface area contributed by atoms with Crippen molar-refractivity contribution in [3.8, 4) is 5.75 Å². The normalized spacial score (nSPS) is 11.2. The number of fused-ring (bicyclic) bond motifs is 1. The van der Waals surface area contributed by atoms with E-state index in [1.807, 2.05) is 0 Å². The molecule has 0 saturated heterocycles. The van der Waals surface area contributed by atoms with Crippen LogP contribution in [0.1, 0.15) is 20.7 Å². The number of methoxy groups -OCH3 is 1. The molecular weight excluding hydrogens is 368 g/mol. The van der Waals surface area contributed by atoms with Crippen molar-refractivity contribution in [3.05, 3.63) is 75.3 Å². The Kier molecular flexibility index (Phi) is 5.03. The first-order valence-electron chi connectivity index (χ1n) is 7.89. The van der Waals surface area contributed by atoms with E-state index in [2.05, 4.69) is 10.5 Å². The number of rotatable bonds is 5. The summed E-state index contributed by atoms with van der Waals surface area (Å²) in [5.41, 5.74) is 7.78. The van der Waals surface area contributed by atoms with Crippen molar-refractivity contribution in [3.63, 3.8) is 0 Å². The van der Waals surface area contributed by atoms with Crippen molar-refractivity contribution >= 4 is 28.5 Å². The molecule has 0 bridgehead atoms. The van der Waals surface area contributed by atoms with E-state index in [0.29, 0.717) is 16.7 Å².